The highest BCUT2D eigenvalue weighted by atomic mass is 35.5. The van der Waals surface area contributed by atoms with Crippen molar-refractivity contribution in [3.63, 3.8) is 0 Å². The maximum absolute atomic E-state index is 13.0. The van der Waals surface area contributed by atoms with E-state index in [-0.39, 0.29) is 22.7 Å². The normalized spacial score (nSPS) is 10.2. The maximum atomic E-state index is 13.0. The molecule has 0 aliphatic rings. The molecule has 1 aromatic heterocycles. The zero-order valence-electron chi connectivity index (χ0n) is 9.41. The van der Waals surface area contributed by atoms with E-state index >= 15 is 0 Å². The number of hydrogen-bond acceptors (Lipinski definition) is 4. The van der Waals surface area contributed by atoms with E-state index in [0.717, 1.165) is 13.3 Å². The smallest absolute Gasteiger partial charge is 0.310 e. The minimum Gasteiger partial charge on any atom is -0.469 e. The number of nitrogens with zero attached hydrogens (tertiary/aromatic N) is 2. The fourth-order valence-electron chi connectivity index (χ4n) is 1.48. The summed E-state index contributed by atoms with van der Waals surface area (Å²) >= 11 is 5.52. The van der Waals surface area contributed by atoms with Crippen molar-refractivity contribution in [1.29, 1.82) is 5.26 Å². The van der Waals surface area contributed by atoms with Crippen LogP contribution in [0.2, 0.25) is 0 Å². The number of pyridine rings is 1. The van der Waals surface area contributed by atoms with E-state index in [2.05, 4.69) is 9.72 Å². The molecule has 0 unspecified atom stereocenters. The number of esters is 1. The molecule has 18 heavy (non-hydrogen) atoms. The number of methoxy groups -OCH3 is 1. The highest BCUT2D eigenvalue weighted by Gasteiger charge is 2.23. The lowest BCUT2D eigenvalue weighted by molar-refractivity contribution is -0.139. The Balaban J connectivity index is 3.41. The number of rotatable bonds is 4. The van der Waals surface area contributed by atoms with Crippen LogP contribution in [0.3, 0.4) is 0 Å². The molecule has 0 aliphatic heterocycles. The molecule has 0 radical (unpaired) electrons. The van der Waals surface area contributed by atoms with Crippen molar-refractivity contribution in [3.8, 4) is 6.07 Å². The maximum Gasteiger partial charge on any atom is 0.310 e. The van der Waals surface area contributed by atoms with E-state index in [1.807, 2.05) is 0 Å². The second kappa shape index (κ2) is 6.26. The number of alkyl halides is 3. The van der Waals surface area contributed by atoms with E-state index in [1.54, 1.807) is 6.07 Å². The van der Waals surface area contributed by atoms with Crippen molar-refractivity contribution >= 4 is 17.6 Å². The van der Waals surface area contributed by atoms with Crippen molar-refractivity contribution in [2.24, 2.45) is 0 Å². The minimum atomic E-state index is -2.86. The van der Waals surface area contributed by atoms with Crippen LogP contribution in [0.1, 0.15) is 28.8 Å². The average Bonchev–Trinajstić information content (AvgIpc) is 2.37. The predicted octanol–water partition coefficient (Wildman–Crippen LogP) is 2.35. The van der Waals surface area contributed by atoms with E-state index in [1.165, 1.54) is 0 Å². The first-order chi connectivity index (χ1) is 8.54. The van der Waals surface area contributed by atoms with E-state index in [0.29, 0.717) is 0 Å². The molecular weight excluding hydrogens is 266 g/mol. The quantitative estimate of drug-likeness (QED) is 0.624. The molecule has 4 nitrogen and oxygen atoms in total. The van der Waals surface area contributed by atoms with E-state index < -0.39 is 24.4 Å². The van der Waals surface area contributed by atoms with Gasteiger partial charge in [0.1, 0.15) is 6.07 Å². The lowest BCUT2D eigenvalue weighted by atomic mass is 9.99. The summed E-state index contributed by atoms with van der Waals surface area (Å²) in [4.78, 5) is 14.9. The zero-order chi connectivity index (χ0) is 13.7. The lowest BCUT2D eigenvalue weighted by Gasteiger charge is -2.12. The van der Waals surface area contributed by atoms with Crippen LogP contribution in [0.15, 0.2) is 6.20 Å². The van der Waals surface area contributed by atoms with Crippen LogP contribution < -0.4 is 0 Å². The Morgan fingerprint density at radius 1 is 1.67 bits per heavy atom. The van der Waals surface area contributed by atoms with Crippen LogP contribution in [0.5, 0.6) is 0 Å². The Morgan fingerprint density at radius 2 is 2.33 bits per heavy atom. The van der Waals surface area contributed by atoms with Crippen LogP contribution in [-0.2, 0) is 21.8 Å². The van der Waals surface area contributed by atoms with Gasteiger partial charge in [-0.1, -0.05) is 0 Å². The number of hydrogen-bond donors (Lipinski definition) is 0. The molecule has 7 heteroatoms. The first-order valence-electron chi connectivity index (χ1n) is 4.86. The fourth-order valence-corrected chi connectivity index (χ4v) is 1.69. The van der Waals surface area contributed by atoms with Crippen LogP contribution in [0.4, 0.5) is 8.78 Å². The summed E-state index contributed by atoms with van der Waals surface area (Å²) in [5.41, 5.74) is -0.659. The minimum absolute atomic E-state index is 0.0374. The van der Waals surface area contributed by atoms with Gasteiger partial charge in [0.2, 0.25) is 0 Å². The number of nitriles is 1. The van der Waals surface area contributed by atoms with E-state index in [9.17, 15) is 13.6 Å². The second-order valence-corrected chi connectivity index (χ2v) is 3.58. The van der Waals surface area contributed by atoms with Crippen LogP contribution in [-0.4, -0.2) is 18.1 Å². The van der Waals surface area contributed by atoms with Crippen molar-refractivity contribution in [1.82, 2.24) is 4.98 Å². The first kappa shape index (κ1) is 14.3. The lowest BCUT2D eigenvalue weighted by Crippen LogP contribution is -2.12. The van der Waals surface area contributed by atoms with Crippen LogP contribution in [0.25, 0.3) is 0 Å². The number of halogens is 3. The summed E-state index contributed by atoms with van der Waals surface area (Å²) in [5.74, 6) is -0.931. The fraction of sp³-hybridized carbons (Fsp3) is 0.364. The van der Waals surface area contributed by atoms with Crippen LogP contribution >= 0.6 is 11.6 Å². The van der Waals surface area contributed by atoms with E-state index in [4.69, 9.17) is 16.9 Å². The third-order valence-electron chi connectivity index (χ3n) is 2.32. The highest BCUT2D eigenvalue weighted by Crippen LogP contribution is 2.29. The van der Waals surface area contributed by atoms with Crippen molar-refractivity contribution in [3.05, 3.63) is 28.6 Å². The van der Waals surface area contributed by atoms with Gasteiger partial charge < -0.3 is 4.74 Å². The summed E-state index contributed by atoms with van der Waals surface area (Å²) in [6.07, 6.45) is -2.15. The zero-order valence-corrected chi connectivity index (χ0v) is 10.2. The molecule has 0 saturated heterocycles. The van der Waals surface area contributed by atoms with Gasteiger partial charge in [-0.25, -0.2) is 8.78 Å². The predicted molar refractivity (Wildman–Crippen MR) is 59.2 cm³/mol. The van der Waals surface area contributed by atoms with Crippen molar-refractivity contribution < 1.29 is 18.3 Å². The SMILES string of the molecule is COC(=O)Cc1c(C#N)cnc(CCl)c1C(F)F. The molecule has 1 aromatic rings. The van der Waals surface area contributed by atoms with Gasteiger partial charge in [0.15, 0.2) is 0 Å². The molecule has 0 amide bonds. The van der Waals surface area contributed by atoms with Gasteiger partial charge in [0.25, 0.3) is 6.43 Å². The molecular formula is C11H9ClF2N2O2. The van der Waals surface area contributed by atoms with Gasteiger partial charge >= 0.3 is 5.97 Å². The summed E-state index contributed by atoms with van der Waals surface area (Å²) in [6.45, 7) is 0. The Bertz CT molecular complexity index is 501. The van der Waals surface area contributed by atoms with Crippen molar-refractivity contribution in [2.75, 3.05) is 7.11 Å². The van der Waals surface area contributed by atoms with Gasteiger partial charge in [0.05, 0.1) is 30.7 Å². The van der Waals surface area contributed by atoms with Gasteiger partial charge in [-0.3, -0.25) is 9.78 Å². The molecule has 1 rings (SSSR count). The Hall–Kier alpha value is -1.74. The first-order valence-corrected chi connectivity index (χ1v) is 5.40. The van der Waals surface area contributed by atoms with Gasteiger partial charge in [-0.2, -0.15) is 5.26 Å². The second-order valence-electron chi connectivity index (χ2n) is 3.31. The molecule has 0 spiro atoms. The highest BCUT2D eigenvalue weighted by molar-refractivity contribution is 6.17. The van der Waals surface area contributed by atoms with Crippen molar-refractivity contribution in [2.45, 2.75) is 18.7 Å². The Kier molecular flexibility index (Phi) is 4.98. The third kappa shape index (κ3) is 2.93. The Morgan fingerprint density at radius 3 is 2.78 bits per heavy atom. The number of ether oxygens (including phenoxy) is 1. The summed E-state index contributed by atoms with van der Waals surface area (Å²) < 4.78 is 30.4. The third-order valence-corrected chi connectivity index (χ3v) is 2.58. The number of carbonyl (C=O) groups excluding carboxylic acids is 1. The largest absolute Gasteiger partial charge is 0.469 e. The standard InChI is InChI=1S/C11H9ClF2N2O2/c1-18-9(17)2-7-6(4-15)5-16-8(3-12)10(7)11(13)14/h5,11H,2-3H2,1H3. The topological polar surface area (TPSA) is 63.0 Å². The molecule has 0 saturated carbocycles. The molecule has 0 aromatic carbocycles. The van der Waals surface area contributed by atoms with Gasteiger partial charge in [0, 0.05) is 11.8 Å². The van der Waals surface area contributed by atoms with Gasteiger partial charge in [-0.15, -0.1) is 11.6 Å². The summed E-state index contributed by atoms with van der Waals surface area (Å²) in [7, 11) is 1.14. The van der Waals surface area contributed by atoms with Crippen LogP contribution in [0, 0.1) is 11.3 Å². The monoisotopic (exact) mass is 274 g/mol. The molecule has 0 aliphatic carbocycles. The summed E-state index contributed by atoms with van der Waals surface area (Å²) in [6, 6.07) is 1.72. The summed E-state index contributed by atoms with van der Waals surface area (Å²) in [5, 5.41) is 8.85. The molecule has 0 fully saturated rings. The van der Waals surface area contributed by atoms with Gasteiger partial charge in [-0.05, 0) is 5.56 Å². The average molecular weight is 275 g/mol. The molecule has 0 atom stereocenters. The molecule has 0 bridgehead atoms. The number of aromatic nitrogens is 1. The molecule has 1 heterocycles. The number of carbonyl (C=O) groups is 1. The molecule has 0 N–H and O–H groups in total. The molecule has 96 valence electrons. The Labute approximate surface area is 107 Å².